The molecule has 0 spiro atoms. The monoisotopic (exact) mass is 282 g/mol. The van der Waals surface area contributed by atoms with Crippen LogP contribution in [0.5, 0.6) is 5.75 Å². The Kier molecular flexibility index (Phi) is 3.81. The van der Waals surface area contributed by atoms with Gasteiger partial charge in [0.1, 0.15) is 5.82 Å². The first-order valence-electron chi connectivity index (χ1n) is 5.37. The number of benzene rings is 2. The molecule has 0 N–H and O–H groups in total. The lowest BCUT2D eigenvalue weighted by Crippen LogP contribution is -2.06. The van der Waals surface area contributed by atoms with Crippen LogP contribution in [-0.4, -0.2) is 12.9 Å². The number of hydrogen-bond acceptors (Lipinski definition) is 2. The quantitative estimate of drug-likeness (QED) is 0.799. The van der Waals surface area contributed by atoms with Gasteiger partial charge in [0.15, 0.2) is 17.3 Å². The highest BCUT2D eigenvalue weighted by atomic mass is 35.5. The second-order valence-electron chi connectivity index (χ2n) is 3.78. The van der Waals surface area contributed by atoms with Gasteiger partial charge in [-0.1, -0.05) is 17.7 Å². The Labute approximate surface area is 113 Å². The standard InChI is InChI=1S/C14H9ClF2O2/c1-19-12-4-2-3-9(13(12)17)14(18)8-5-6-10(15)11(16)7-8/h2-7H,1H3. The third kappa shape index (κ3) is 2.58. The number of methoxy groups -OCH3 is 1. The summed E-state index contributed by atoms with van der Waals surface area (Å²) in [7, 11) is 1.30. The topological polar surface area (TPSA) is 26.3 Å². The predicted molar refractivity (Wildman–Crippen MR) is 67.8 cm³/mol. The number of rotatable bonds is 3. The largest absolute Gasteiger partial charge is 0.494 e. The minimum absolute atomic E-state index is 0.0223. The van der Waals surface area contributed by atoms with Crippen molar-refractivity contribution < 1.29 is 18.3 Å². The number of carbonyl (C=O) groups excluding carboxylic acids is 1. The average Bonchev–Trinajstić information content (AvgIpc) is 2.41. The van der Waals surface area contributed by atoms with Crippen LogP contribution < -0.4 is 4.74 Å². The van der Waals surface area contributed by atoms with Gasteiger partial charge in [0.25, 0.3) is 0 Å². The van der Waals surface area contributed by atoms with Gasteiger partial charge < -0.3 is 4.74 Å². The Morgan fingerprint density at radius 1 is 1.21 bits per heavy atom. The Bertz CT molecular complexity index is 641. The molecule has 0 fully saturated rings. The highest BCUT2D eigenvalue weighted by Crippen LogP contribution is 2.24. The van der Waals surface area contributed by atoms with E-state index in [1.807, 2.05) is 0 Å². The van der Waals surface area contributed by atoms with Gasteiger partial charge in [-0.3, -0.25) is 4.79 Å². The van der Waals surface area contributed by atoms with Gasteiger partial charge in [0, 0.05) is 5.56 Å². The van der Waals surface area contributed by atoms with Crippen LogP contribution in [-0.2, 0) is 0 Å². The van der Waals surface area contributed by atoms with Crippen molar-refractivity contribution in [2.75, 3.05) is 7.11 Å². The van der Waals surface area contributed by atoms with Crippen molar-refractivity contribution >= 4 is 17.4 Å². The lowest BCUT2D eigenvalue weighted by atomic mass is 10.0. The first-order valence-corrected chi connectivity index (χ1v) is 5.74. The Balaban J connectivity index is 2.47. The normalized spacial score (nSPS) is 10.3. The summed E-state index contributed by atoms with van der Waals surface area (Å²) in [4.78, 5) is 12.1. The highest BCUT2D eigenvalue weighted by molar-refractivity contribution is 6.30. The zero-order chi connectivity index (χ0) is 14.0. The van der Waals surface area contributed by atoms with Gasteiger partial charge in [0.2, 0.25) is 0 Å². The van der Waals surface area contributed by atoms with Crippen molar-refractivity contribution in [2.45, 2.75) is 0 Å². The summed E-state index contributed by atoms with van der Waals surface area (Å²) < 4.78 is 32.0. The fourth-order valence-corrected chi connectivity index (χ4v) is 1.75. The van der Waals surface area contributed by atoms with E-state index in [0.29, 0.717) is 0 Å². The molecular formula is C14H9ClF2O2. The smallest absolute Gasteiger partial charge is 0.196 e. The van der Waals surface area contributed by atoms with E-state index in [0.717, 1.165) is 6.07 Å². The molecule has 0 aliphatic heterocycles. The lowest BCUT2D eigenvalue weighted by molar-refractivity contribution is 0.103. The summed E-state index contributed by atoms with van der Waals surface area (Å²) in [6.45, 7) is 0. The van der Waals surface area contributed by atoms with Crippen molar-refractivity contribution in [1.29, 1.82) is 0 Å². The molecule has 2 nitrogen and oxygen atoms in total. The third-order valence-electron chi connectivity index (χ3n) is 2.61. The highest BCUT2D eigenvalue weighted by Gasteiger charge is 2.18. The molecule has 5 heteroatoms. The zero-order valence-electron chi connectivity index (χ0n) is 9.91. The molecule has 0 radical (unpaired) electrons. The van der Waals surface area contributed by atoms with Crippen molar-refractivity contribution in [1.82, 2.24) is 0 Å². The van der Waals surface area contributed by atoms with E-state index in [1.54, 1.807) is 0 Å². The van der Waals surface area contributed by atoms with Crippen molar-refractivity contribution in [3.63, 3.8) is 0 Å². The molecule has 2 aromatic rings. The van der Waals surface area contributed by atoms with Crippen molar-refractivity contribution in [2.24, 2.45) is 0 Å². The molecular weight excluding hydrogens is 274 g/mol. The van der Waals surface area contributed by atoms with Crippen LogP contribution >= 0.6 is 11.6 Å². The van der Waals surface area contributed by atoms with Crippen molar-refractivity contribution in [3.05, 3.63) is 64.2 Å². The summed E-state index contributed by atoms with van der Waals surface area (Å²) in [5, 5.41) is -0.0948. The van der Waals surface area contributed by atoms with Crippen LogP contribution in [0, 0.1) is 11.6 Å². The summed E-state index contributed by atoms with van der Waals surface area (Å²) >= 11 is 5.53. The van der Waals surface area contributed by atoms with Crippen molar-refractivity contribution in [3.8, 4) is 5.75 Å². The molecule has 0 aromatic heterocycles. The van der Waals surface area contributed by atoms with E-state index in [-0.39, 0.29) is 21.9 Å². The SMILES string of the molecule is COc1cccc(C(=O)c2ccc(Cl)c(F)c2)c1F. The molecule has 0 saturated carbocycles. The molecule has 0 aliphatic carbocycles. The van der Waals surface area contributed by atoms with E-state index < -0.39 is 17.4 Å². The van der Waals surface area contributed by atoms with E-state index in [4.69, 9.17) is 16.3 Å². The fraction of sp³-hybridized carbons (Fsp3) is 0.0714. The first-order chi connectivity index (χ1) is 9.04. The van der Waals surface area contributed by atoms with E-state index >= 15 is 0 Å². The van der Waals surface area contributed by atoms with Gasteiger partial charge in [-0.05, 0) is 30.3 Å². The summed E-state index contributed by atoms with van der Waals surface area (Å²) in [6.07, 6.45) is 0. The maximum atomic E-state index is 13.9. The minimum Gasteiger partial charge on any atom is -0.494 e. The van der Waals surface area contributed by atoms with Crippen LogP contribution in [0.2, 0.25) is 5.02 Å². The van der Waals surface area contributed by atoms with Gasteiger partial charge in [-0.2, -0.15) is 0 Å². The molecule has 0 heterocycles. The number of ketones is 1. The summed E-state index contributed by atoms with van der Waals surface area (Å²) in [5.74, 6) is -2.17. The molecule has 2 aromatic carbocycles. The van der Waals surface area contributed by atoms with Gasteiger partial charge >= 0.3 is 0 Å². The minimum atomic E-state index is -0.773. The number of ether oxygens (including phenoxy) is 1. The van der Waals surface area contributed by atoms with Crippen LogP contribution in [0.1, 0.15) is 15.9 Å². The summed E-state index contributed by atoms with van der Waals surface area (Å²) in [5.41, 5.74) is -0.157. The molecule has 0 saturated heterocycles. The van der Waals surface area contributed by atoms with Gasteiger partial charge in [-0.25, -0.2) is 8.78 Å². The molecule has 0 bridgehead atoms. The molecule has 0 atom stereocenters. The van der Waals surface area contributed by atoms with E-state index in [9.17, 15) is 13.6 Å². The maximum absolute atomic E-state index is 13.9. The first kappa shape index (κ1) is 13.5. The maximum Gasteiger partial charge on any atom is 0.196 e. The number of hydrogen-bond donors (Lipinski definition) is 0. The summed E-state index contributed by atoms with van der Waals surface area (Å²) in [6, 6.07) is 7.77. The Morgan fingerprint density at radius 3 is 2.58 bits per heavy atom. The lowest BCUT2D eigenvalue weighted by Gasteiger charge is -2.07. The molecule has 0 amide bonds. The van der Waals surface area contributed by atoms with E-state index in [2.05, 4.69) is 0 Å². The molecule has 2 rings (SSSR count). The van der Waals surface area contributed by atoms with E-state index in [1.165, 1.54) is 37.4 Å². The zero-order valence-corrected chi connectivity index (χ0v) is 10.7. The second-order valence-corrected chi connectivity index (χ2v) is 4.19. The molecule has 98 valence electrons. The Morgan fingerprint density at radius 2 is 1.95 bits per heavy atom. The molecule has 19 heavy (non-hydrogen) atoms. The Hall–Kier alpha value is -1.94. The molecule has 0 aliphatic rings. The second kappa shape index (κ2) is 5.36. The van der Waals surface area contributed by atoms with Crippen LogP contribution in [0.15, 0.2) is 36.4 Å². The van der Waals surface area contributed by atoms with Gasteiger partial charge in [0.05, 0.1) is 17.7 Å². The fourth-order valence-electron chi connectivity index (χ4n) is 1.64. The number of halogens is 3. The predicted octanol–water partition coefficient (Wildman–Crippen LogP) is 3.86. The average molecular weight is 283 g/mol. The van der Waals surface area contributed by atoms with Gasteiger partial charge in [-0.15, -0.1) is 0 Å². The molecule has 0 unspecified atom stereocenters. The number of carbonyl (C=O) groups is 1. The van der Waals surface area contributed by atoms with Crippen LogP contribution in [0.25, 0.3) is 0 Å². The van der Waals surface area contributed by atoms with Crippen LogP contribution in [0.4, 0.5) is 8.78 Å². The third-order valence-corrected chi connectivity index (χ3v) is 2.92. The van der Waals surface area contributed by atoms with Crippen LogP contribution in [0.3, 0.4) is 0 Å².